The number of nitrogens with one attached hydrogen (secondary N) is 1. The van der Waals surface area contributed by atoms with Crippen molar-refractivity contribution < 1.29 is 9.53 Å². The van der Waals surface area contributed by atoms with Crippen molar-refractivity contribution in [1.82, 2.24) is 24.6 Å². The Balaban J connectivity index is 1.40. The van der Waals surface area contributed by atoms with Crippen LogP contribution >= 0.6 is 11.3 Å². The third kappa shape index (κ3) is 4.31. The number of nitrogens with zero attached hydrogens (tertiary/aromatic N) is 5. The van der Waals surface area contributed by atoms with E-state index in [0.717, 1.165) is 28.1 Å². The third-order valence-electron chi connectivity index (χ3n) is 5.10. The number of carbonyl (C=O) groups excluding carboxylic acids is 1. The highest BCUT2D eigenvalue weighted by molar-refractivity contribution is 7.20. The Kier molecular flexibility index (Phi) is 5.54. The number of amides is 1. The van der Waals surface area contributed by atoms with Crippen LogP contribution in [-0.4, -0.2) is 37.6 Å². The van der Waals surface area contributed by atoms with E-state index < -0.39 is 0 Å². The smallest absolute Gasteiger partial charge is 0.259 e. The number of imidazole rings is 1. The zero-order valence-corrected chi connectivity index (χ0v) is 18.8. The van der Waals surface area contributed by atoms with Crippen LogP contribution in [0.4, 0.5) is 5.13 Å². The van der Waals surface area contributed by atoms with Crippen molar-refractivity contribution in [2.75, 3.05) is 12.4 Å². The maximum atomic E-state index is 13.2. The Bertz CT molecular complexity index is 1410. The fraction of sp³-hybridized carbons (Fsp3) is 0.125. The van der Waals surface area contributed by atoms with Crippen LogP contribution in [-0.2, 0) is 6.42 Å². The van der Waals surface area contributed by atoms with Gasteiger partial charge in [0.05, 0.1) is 24.6 Å². The van der Waals surface area contributed by atoms with Crippen LogP contribution in [0.5, 0.6) is 5.75 Å². The number of methoxy groups -OCH3 is 1. The van der Waals surface area contributed by atoms with E-state index >= 15 is 0 Å². The van der Waals surface area contributed by atoms with Crippen LogP contribution in [0.15, 0.2) is 67.3 Å². The van der Waals surface area contributed by atoms with Gasteiger partial charge in [0.2, 0.25) is 10.1 Å². The third-order valence-corrected chi connectivity index (χ3v) is 5.94. The molecule has 1 N–H and O–H groups in total. The number of anilines is 1. The summed E-state index contributed by atoms with van der Waals surface area (Å²) < 4.78 is 7.18. The van der Waals surface area contributed by atoms with Gasteiger partial charge >= 0.3 is 0 Å². The molecule has 0 fully saturated rings. The van der Waals surface area contributed by atoms with Crippen molar-refractivity contribution in [3.63, 3.8) is 0 Å². The first-order chi connectivity index (χ1) is 16.1. The van der Waals surface area contributed by atoms with E-state index in [2.05, 4.69) is 25.4 Å². The van der Waals surface area contributed by atoms with Gasteiger partial charge in [-0.15, -0.1) is 5.10 Å². The monoisotopic (exact) mass is 456 g/mol. The first-order valence-corrected chi connectivity index (χ1v) is 11.1. The second kappa shape index (κ2) is 8.79. The molecule has 0 saturated heterocycles. The lowest BCUT2D eigenvalue weighted by Crippen LogP contribution is -2.14. The summed E-state index contributed by atoms with van der Waals surface area (Å²) in [6.45, 7) is 1.89. The Morgan fingerprint density at radius 3 is 2.82 bits per heavy atom. The molecule has 5 aromatic rings. The van der Waals surface area contributed by atoms with Crippen LogP contribution in [0, 0.1) is 6.92 Å². The Morgan fingerprint density at radius 2 is 2.03 bits per heavy atom. The first-order valence-electron chi connectivity index (χ1n) is 10.3. The SMILES string of the molecule is COc1ccccc1-c1cc(C)ncc1C(=O)Nc1nn2cc(Cc3cccnc3)nc2s1. The van der Waals surface area contributed by atoms with Crippen LogP contribution in [0.3, 0.4) is 0 Å². The standard InChI is InChI=1S/C24H20N6O2S/c1-15-10-19(18-7-3-4-8-21(18)32-2)20(13-26-15)22(31)28-23-29-30-14-17(27-24(30)33-23)11-16-6-5-9-25-12-16/h3-10,12-14H,11H2,1-2H3,(H,28,29,31). The lowest BCUT2D eigenvalue weighted by molar-refractivity contribution is 0.102. The summed E-state index contributed by atoms with van der Waals surface area (Å²) in [4.78, 5) is 26.9. The molecule has 1 aromatic carbocycles. The number of para-hydroxylation sites is 1. The zero-order valence-electron chi connectivity index (χ0n) is 18.0. The second-order valence-corrected chi connectivity index (χ2v) is 8.39. The number of hydrogen-bond donors (Lipinski definition) is 1. The number of carbonyl (C=O) groups is 1. The minimum Gasteiger partial charge on any atom is -0.496 e. The second-order valence-electron chi connectivity index (χ2n) is 7.43. The highest BCUT2D eigenvalue weighted by Crippen LogP contribution is 2.33. The molecule has 4 aromatic heterocycles. The number of ether oxygens (including phenoxy) is 1. The van der Waals surface area contributed by atoms with Crippen molar-refractivity contribution in [2.24, 2.45) is 0 Å². The molecule has 0 aliphatic rings. The van der Waals surface area contributed by atoms with Gasteiger partial charge in [0.15, 0.2) is 0 Å². The molecule has 0 aliphatic carbocycles. The number of aryl methyl sites for hydroxylation is 1. The molecule has 4 heterocycles. The summed E-state index contributed by atoms with van der Waals surface area (Å²) in [5.74, 6) is 0.391. The zero-order chi connectivity index (χ0) is 22.8. The molecule has 0 atom stereocenters. The van der Waals surface area contributed by atoms with E-state index in [1.807, 2.05) is 61.8 Å². The number of fused-ring (bicyclic) bond motifs is 1. The highest BCUT2D eigenvalue weighted by atomic mass is 32.1. The van der Waals surface area contributed by atoms with Gasteiger partial charge in [-0.2, -0.15) is 0 Å². The lowest BCUT2D eigenvalue weighted by atomic mass is 9.99. The number of rotatable bonds is 6. The fourth-order valence-corrected chi connectivity index (χ4v) is 4.38. The van der Waals surface area contributed by atoms with E-state index in [1.54, 1.807) is 24.0 Å². The molecule has 0 spiro atoms. The van der Waals surface area contributed by atoms with E-state index in [4.69, 9.17) is 4.74 Å². The molecule has 164 valence electrons. The molecule has 0 saturated carbocycles. The Labute approximate surface area is 193 Å². The van der Waals surface area contributed by atoms with E-state index in [9.17, 15) is 4.79 Å². The minimum atomic E-state index is -0.295. The van der Waals surface area contributed by atoms with Crippen LogP contribution in [0.2, 0.25) is 0 Å². The molecular weight excluding hydrogens is 436 g/mol. The predicted octanol–water partition coefficient (Wildman–Crippen LogP) is 4.41. The molecule has 0 bridgehead atoms. The topological polar surface area (TPSA) is 94.3 Å². The molecule has 5 rings (SSSR count). The normalized spacial score (nSPS) is 11.0. The number of benzene rings is 1. The molecule has 8 nitrogen and oxygen atoms in total. The first kappa shape index (κ1) is 20.8. The van der Waals surface area contributed by atoms with E-state index in [-0.39, 0.29) is 5.91 Å². The van der Waals surface area contributed by atoms with Crippen molar-refractivity contribution in [3.8, 4) is 16.9 Å². The number of aromatic nitrogens is 5. The van der Waals surface area contributed by atoms with Crippen molar-refractivity contribution in [1.29, 1.82) is 0 Å². The molecular formula is C24H20N6O2S. The highest BCUT2D eigenvalue weighted by Gasteiger charge is 2.19. The Hall–Kier alpha value is -4.11. The summed E-state index contributed by atoms with van der Waals surface area (Å²) >= 11 is 1.31. The van der Waals surface area contributed by atoms with E-state index in [1.165, 1.54) is 11.3 Å². The van der Waals surface area contributed by atoms with E-state index in [0.29, 0.717) is 27.8 Å². The largest absolute Gasteiger partial charge is 0.496 e. The van der Waals surface area contributed by atoms with Gasteiger partial charge in [-0.25, -0.2) is 9.50 Å². The molecule has 0 aliphatic heterocycles. The van der Waals surface area contributed by atoms with Gasteiger partial charge in [-0.05, 0) is 30.7 Å². The summed E-state index contributed by atoms with van der Waals surface area (Å²) in [7, 11) is 1.61. The Morgan fingerprint density at radius 1 is 1.15 bits per heavy atom. The van der Waals surface area contributed by atoms with Gasteiger partial charge in [0.25, 0.3) is 5.91 Å². The van der Waals surface area contributed by atoms with Crippen molar-refractivity contribution in [2.45, 2.75) is 13.3 Å². The molecule has 33 heavy (non-hydrogen) atoms. The van der Waals surface area contributed by atoms with Gasteiger partial charge in [0.1, 0.15) is 5.75 Å². The molecule has 9 heteroatoms. The van der Waals surface area contributed by atoms with Gasteiger partial charge in [-0.3, -0.25) is 20.1 Å². The molecule has 1 amide bonds. The molecule has 0 radical (unpaired) electrons. The van der Waals surface area contributed by atoms with Crippen LogP contribution in [0.25, 0.3) is 16.1 Å². The quantitative estimate of drug-likeness (QED) is 0.407. The summed E-state index contributed by atoms with van der Waals surface area (Å²) in [5, 5.41) is 7.82. The predicted molar refractivity (Wildman–Crippen MR) is 127 cm³/mol. The number of pyridine rings is 2. The number of hydrogen-bond acceptors (Lipinski definition) is 7. The lowest BCUT2D eigenvalue weighted by Gasteiger charge is -2.13. The maximum Gasteiger partial charge on any atom is 0.259 e. The maximum absolute atomic E-state index is 13.2. The van der Waals surface area contributed by atoms with Gasteiger partial charge in [-0.1, -0.05) is 35.6 Å². The fourth-order valence-electron chi connectivity index (χ4n) is 3.59. The van der Waals surface area contributed by atoms with Gasteiger partial charge < -0.3 is 4.74 Å². The summed E-state index contributed by atoms with van der Waals surface area (Å²) in [6, 6.07) is 13.4. The van der Waals surface area contributed by atoms with Crippen molar-refractivity contribution in [3.05, 3.63) is 89.8 Å². The van der Waals surface area contributed by atoms with Gasteiger partial charge in [0, 0.05) is 41.8 Å². The molecule has 0 unspecified atom stereocenters. The minimum absolute atomic E-state index is 0.295. The average molecular weight is 457 g/mol. The summed E-state index contributed by atoms with van der Waals surface area (Å²) in [6.07, 6.45) is 7.68. The van der Waals surface area contributed by atoms with Crippen LogP contribution in [0.1, 0.15) is 27.3 Å². The average Bonchev–Trinajstić information content (AvgIpc) is 3.37. The van der Waals surface area contributed by atoms with Crippen molar-refractivity contribution >= 4 is 27.3 Å². The summed E-state index contributed by atoms with van der Waals surface area (Å²) in [5.41, 5.74) is 4.78. The van der Waals surface area contributed by atoms with Crippen LogP contribution < -0.4 is 10.1 Å².